The molecular weight excluding hydrogens is 190 g/mol. The molecule has 0 saturated carbocycles. The molecule has 2 heteroatoms. The van der Waals surface area contributed by atoms with E-state index < -0.39 is 0 Å². The minimum Gasteiger partial charge on any atom is -1.00 e. The van der Waals surface area contributed by atoms with Gasteiger partial charge in [0.05, 0.1) is 26.2 Å². The van der Waals surface area contributed by atoms with E-state index in [4.69, 9.17) is 0 Å². The lowest BCUT2D eigenvalue weighted by atomic mass is 10.4. The van der Waals surface area contributed by atoms with E-state index in [1.54, 1.807) is 0 Å². The molecule has 0 N–H and O–H groups in total. The maximum absolute atomic E-state index is 1.50. The molecule has 0 unspecified atom stereocenters. The van der Waals surface area contributed by atoms with Gasteiger partial charge < -0.3 is 21.5 Å². The van der Waals surface area contributed by atoms with Gasteiger partial charge >= 0.3 is 0 Å². The van der Waals surface area contributed by atoms with E-state index in [1.165, 1.54) is 56.3 Å². The van der Waals surface area contributed by atoms with Crippen molar-refractivity contribution in [2.45, 2.75) is 25.7 Å². The highest BCUT2D eigenvalue weighted by atomic mass is 79.9. The first-order valence-electron chi connectivity index (χ1n) is 4.26. The Hall–Kier alpha value is 0.440. The Kier molecular flexibility index (Phi) is 2.75. The van der Waals surface area contributed by atoms with Gasteiger partial charge in [0.25, 0.3) is 0 Å². The number of halogens is 1. The fraction of sp³-hybridized carbons (Fsp3) is 1.00. The normalized spacial score (nSPS) is 28.8. The average Bonchev–Trinajstić information content (AvgIpc) is 2.45. The van der Waals surface area contributed by atoms with Gasteiger partial charge in [-0.05, 0) is 0 Å². The van der Waals surface area contributed by atoms with Crippen LogP contribution in [-0.2, 0) is 0 Å². The Labute approximate surface area is 73.8 Å². The van der Waals surface area contributed by atoms with Crippen molar-refractivity contribution in [3.05, 3.63) is 0 Å². The Balaban J connectivity index is 0.000000500. The zero-order chi connectivity index (χ0) is 6.16. The van der Waals surface area contributed by atoms with Gasteiger partial charge in [-0.1, -0.05) is 0 Å². The van der Waals surface area contributed by atoms with E-state index in [0.717, 1.165) is 0 Å². The van der Waals surface area contributed by atoms with E-state index >= 15 is 0 Å². The summed E-state index contributed by atoms with van der Waals surface area (Å²) in [5, 5.41) is 0. The highest BCUT2D eigenvalue weighted by Gasteiger charge is 2.34. The molecule has 0 atom stereocenters. The summed E-state index contributed by atoms with van der Waals surface area (Å²) < 4.78 is 1.50. The lowest BCUT2D eigenvalue weighted by molar-refractivity contribution is -0.904. The van der Waals surface area contributed by atoms with Gasteiger partial charge in [-0.15, -0.1) is 0 Å². The quantitative estimate of drug-likeness (QED) is 0.418. The first-order chi connectivity index (χ1) is 4.41. The second-order valence-electron chi connectivity index (χ2n) is 3.65. The van der Waals surface area contributed by atoms with E-state index in [2.05, 4.69) is 0 Å². The summed E-state index contributed by atoms with van der Waals surface area (Å²) in [7, 11) is 0. The molecule has 2 aliphatic heterocycles. The summed E-state index contributed by atoms with van der Waals surface area (Å²) in [6.07, 6.45) is 6.00. The Bertz CT molecular complexity index is 84.3. The zero-order valence-corrected chi connectivity index (χ0v) is 8.07. The average molecular weight is 206 g/mol. The minimum atomic E-state index is 0. The molecule has 0 aliphatic carbocycles. The summed E-state index contributed by atoms with van der Waals surface area (Å²) in [4.78, 5) is 0. The minimum absolute atomic E-state index is 0. The van der Waals surface area contributed by atoms with Crippen molar-refractivity contribution < 1.29 is 21.5 Å². The predicted octanol–water partition coefficient (Wildman–Crippen LogP) is -1.61. The van der Waals surface area contributed by atoms with Crippen molar-refractivity contribution in [3.8, 4) is 0 Å². The van der Waals surface area contributed by atoms with Crippen molar-refractivity contribution in [1.82, 2.24) is 0 Å². The van der Waals surface area contributed by atoms with Gasteiger partial charge in [0.2, 0.25) is 0 Å². The van der Waals surface area contributed by atoms with Crippen molar-refractivity contribution in [2.24, 2.45) is 0 Å². The van der Waals surface area contributed by atoms with Crippen LogP contribution in [0.1, 0.15) is 25.7 Å². The van der Waals surface area contributed by atoms with E-state index in [1.807, 2.05) is 0 Å². The molecule has 1 spiro atoms. The number of rotatable bonds is 0. The number of quaternary nitrogens is 1. The Morgan fingerprint density at radius 2 is 0.900 bits per heavy atom. The topological polar surface area (TPSA) is 0 Å². The summed E-state index contributed by atoms with van der Waals surface area (Å²) in [6, 6.07) is 0. The SMILES string of the molecule is C1CC[N+]2(C1)CCCC2.[Br-]. The maximum Gasteiger partial charge on any atom is 0.0788 e. The molecule has 2 heterocycles. The monoisotopic (exact) mass is 205 g/mol. The molecule has 0 amide bonds. The molecule has 0 aromatic rings. The van der Waals surface area contributed by atoms with Crippen molar-refractivity contribution >= 4 is 0 Å². The van der Waals surface area contributed by atoms with Gasteiger partial charge in [-0.25, -0.2) is 0 Å². The van der Waals surface area contributed by atoms with Crippen molar-refractivity contribution in [2.75, 3.05) is 26.2 Å². The van der Waals surface area contributed by atoms with Gasteiger partial charge in [0.1, 0.15) is 0 Å². The van der Waals surface area contributed by atoms with Crippen LogP contribution in [0.4, 0.5) is 0 Å². The predicted molar refractivity (Wildman–Crippen MR) is 38.2 cm³/mol. The molecule has 1 nitrogen and oxygen atoms in total. The molecular formula is C8H16BrN. The summed E-state index contributed by atoms with van der Waals surface area (Å²) in [6.45, 7) is 6.00. The third kappa shape index (κ3) is 1.37. The van der Waals surface area contributed by atoms with Crippen molar-refractivity contribution in [3.63, 3.8) is 0 Å². The van der Waals surface area contributed by atoms with E-state index in [-0.39, 0.29) is 17.0 Å². The Morgan fingerprint density at radius 3 is 1.20 bits per heavy atom. The largest absolute Gasteiger partial charge is 1.00 e. The van der Waals surface area contributed by atoms with Crippen LogP contribution in [0.3, 0.4) is 0 Å². The van der Waals surface area contributed by atoms with E-state index in [0.29, 0.717) is 0 Å². The lowest BCUT2D eigenvalue weighted by Crippen LogP contribution is -3.00. The summed E-state index contributed by atoms with van der Waals surface area (Å²) >= 11 is 0. The molecule has 0 aromatic carbocycles. The fourth-order valence-electron chi connectivity index (χ4n) is 2.46. The Morgan fingerprint density at radius 1 is 0.600 bits per heavy atom. The van der Waals surface area contributed by atoms with Gasteiger partial charge in [-0.3, -0.25) is 0 Å². The molecule has 2 saturated heterocycles. The fourth-order valence-corrected chi connectivity index (χ4v) is 2.46. The zero-order valence-electron chi connectivity index (χ0n) is 6.48. The van der Waals surface area contributed by atoms with Crippen LogP contribution in [0.5, 0.6) is 0 Å². The van der Waals surface area contributed by atoms with Crippen LogP contribution in [0.2, 0.25) is 0 Å². The standard InChI is InChI=1S/C8H16N.BrH/c1-2-6-9(5-1)7-3-4-8-9;/h1-8H2;1H/q+1;/p-1. The highest BCUT2D eigenvalue weighted by Crippen LogP contribution is 2.25. The third-order valence-electron chi connectivity index (χ3n) is 3.03. The molecule has 0 bridgehead atoms. The van der Waals surface area contributed by atoms with Gasteiger partial charge in [-0.2, -0.15) is 0 Å². The van der Waals surface area contributed by atoms with Crippen LogP contribution in [0.15, 0.2) is 0 Å². The summed E-state index contributed by atoms with van der Waals surface area (Å²) in [5.41, 5.74) is 0. The molecule has 2 rings (SSSR count). The first kappa shape index (κ1) is 8.54. The maximum atomic E-state index is 1.50. The highest BCUT2D eigenvalue weighted by molar-refractivity contribution is 4.60. The second-order valence-corrected chi connectivity index (χ2v) is 3.65. The summed E-state index contributed by atoms with van der Waals surface area (Å²) in [5.74, 6) is 0. The van der Waals surface area contributed by atoms with Crippen molar-refractivity contribution in [1.29, 1.82) is 0 Å². The molecule has 2 fully saturated rings. The van der Waals surface area contributed by atoms with E-state index in [9.17, 15) is 0 Å². The van der Waals surface area contributed by atoms with Crippen LogP contribution < -0.4 is 17.0 Å². The lowest BCUT2D eigenvalue weighted by Gasteiger charge is -2.27. The molecule has 0 radical (unpaired) electrons. The van der Waals surface area contributed by atoms with Gasteiger partial charge in [0.15, 0.2) is 0 Å². The molecule has 2 aliphatic rings. The smallest absolute Gasteiger partial charge is 0.0788 e. The van der Waals surface area contributed by atoms with Crippen LogP contribution in [0, 0.1) is 0 Å². The first-order valence-corrected chi connectivity index (χ1v) is 4.26. The van der Waals surface area contributed by atoms with Crippen LogP contribution in [0.25, 0.3) is 0 Å². The number of nitrogens with zero attached hydrogens (tertiary/aromatic N) is 1. The molecule has 60 valence electrons. The number of hydrogen-bond acceptors (Lipinski definition) is 0. The number of hydrogen-bond donors (Lipinski definition) is 0. The van der Waals surface area contributed by atoms with Gasteiger partial charge in [0, 0.05) is 25.7 Å². The molecule has 10 heavy (non-hydrogen) atoms. The second kappa shape index (κ2) is 3.22. The molecule has 0 aromatic heterocycles. The van der Waals surface area contributed by atoms with Crippen LogP contribution >= 0.6 is 0 Å². The third-order valence-corrected chi connectivity index (χ3v) is 3.03. The van der Waals surface area contributed by atoms with Crippen LogP contribution in [-0.4, -0.2) is 30.7 Å².